The van der Waals surface area contributed by atoms with Crippen LogP contribution in [0.25, 0.3) is 0 Å². The zero-order valence-corrected chi connectivity index (χ0v) is 11.4. The van der Waals surface area contributed by atoms with Crippen molar-refractivity contribution >= 4 is 17.9 Å². The highest BCUT2D eigenvalue weighted by Crippen LogP contribution is 2.29. The highest BCUT2D eigenvalue weighted by molar-refractivity contribution is 5.93. The van der Waals surface area contributed by atoms with Gasteiger partial charge in [0.05, 0.1) is 0 Å². The lowest BCUT2D eigenvalue weighted by Crippen LogP contribution is -2.42. The van der Waals surface area contributed by atoms with Crippen LogP contribution in [-0.4, -0.2) is 41.0 Å². The fourth-order valence-electron chi connectivity index (χ4n) is 2.59. The molecule has 0 saturated heterocycles. The summed E-state index contributed by atoms with van der Waals surface area (Å²) in [7, 11) is 0. The molecule has 21 heavy (non-hydrogen) atoms. The summed E-state index contributed by atoms with van der Waals surface area (Å²) in [6.07, 6.45) is 0.756. The molecule has 1 aromatic rings. The van der Waals surface area contributed by atoms with Crippen LogP contribution in [0.4, 0.5) is 4.79 Å². The molecule has 1 unspecified atom stereocenters. The van der Waals surface area contributed by atoms with E-state index < -0.39 is 23.9 Å². The number of imide groups is 1. The summed E-state index contributed by atoms with van der Waals surface area (Å²) >= 11 is 0. The largest absolute Gasteiger partial charge is 0.480 e. The highest BCUT2D eigenvalue weighted by atomic mass is 16.4. The molecule has 7 nitrogen and oxygen atoms in total. The van der Waals surface area contributed by atoms with Crippen LogP contribution in [0.2, 0.25) is 0 Å². The van der Waals surface area contributed by atoms with Crippen LogP contribution >= 0.6 is 0 Å². The van der Waals surface area contributed by atoms with Crippen molar-refractivity contribution in [2.45, 2.75) is 18.9 Å². The Labute approximate surface area is 121 Å². The molecule has 1 aliphatic rings. The predicted molar refractivity (Wildman–Crippen MR) is 74.4 cm³/mol. The molecule has 2 rings (SSSR count). The molecule has 1 atom stereocenters. The number of fused-ring (bicyclic) bond motifs is 1. The van der Waals surface area contributed by atoms with Gasteiger partial charge in [-0.25, -0.2) is 4.79 Å². The first-order valence-corrected chi connectivity index (χ1v) is 6.63. The zero-order chi connectivity index (χ0) is 15.4. The molecule has 0 fully saturated rings. The molecule has 0 aromatic heterocycles. The third-order valence-electron chi connectivity index (χ3n) is 3.51. The van der Waals surface area contributed by atoms with Gasteiger partial charge in [0, 0.05) is 19.5 Å². The quantitative estimate of drug-likeness (QED) is 0.736. The lowest BCUT2D eigenvalue weighted by molar-refractivity contribution is -0.144. The number of benzene rings is 1. The maximum absolute atomic E-state index is 11.5. The number of amides is 3. The monoisotopic (exact) mass is 291 g/mol. The number of primary amides is 1. The van der Waals surface area contributed by atoms with Gasteiger partial charge in [-0.1, -0.05) is 24.3 Å². The number of carboxylic acid groups (broad SMARTS) is 1. The number of rotatable bonds is 4. The van der Waals surface area contributed by atoms with Gasteiger partial charge in [0.1, 0.15) is 6.04 Å². The molecule has 3 amide bonds. The number of nitrogens with one attached hydrogen (secondary N) is 1. The normalized spacial score (nSPS) is 17.8. The van der Waals surface area contributed by atoms with E-state index in [9.17, 15) is 19.5 Å². The molecule has 1 aliphatic heterocycles. The Bertz CT molecular complexity index is 573. The van der Waals surface area contributed by atoms with Gasteiger partial charge in [0.15, 0.2) is 0 Å². The first kappa shape index (κ1) is 15.0. The fraction of sp³-hybridized carbons (Fsp3) is 0.357. The van der Waals surface area contributed by atoms with Crippen LogP contribution in [-0.2, 0) is 16.0 Å². The number of nitrogens with two attached hydrogens (primary N) is 1. The van der Waals surface area contributed by atoms with Gasteiger partial charge >= 0.3 is 12.0 Å². The second kappa shape index (κ2) is 6.36. The van der Waals surface area contributed by atoms with Crippen molar-refractivity contribution in [3.05, 3.63) is 35.4 Å². The maximum atomic E-state index is 11.5. The van der Waals surface area contributed by atoms with Crippen molar-refractivity contribution in [1.29, 1.82) is 0 Å². The van der Waals surface area contributed by atoms with Crippen molar-refractivity contribution < 1.29 is 19.5 Å². The van der Waals surface area contributed by atoms with Crippen molar-refractivity contribution in [1.82, 2.24) is 10.2 Å². The zero-order valence-electron chi connectivity index (χ0n) is 11.4. The van der Waals surface area contributed by atoms with Gasteiger partial charge in [0.25, 0.3) is 0 Å². The van der Waals surface area contributed by atoms with Gasteiger partial charge in [-0.3, -0.25) is 19.8 Å². The number of aliphatic carboxylic acids is 1. The number of carbonyl (C=O) groups is 3. The average molecular weight is 291 g/mol. The molecule has 0 saturated carbocycles. The molecule has 1 aromatic carbocycles. The first-order valence-electron chi connectivity index (χ1n) is 6.63. The van der Waals surface area contributed by atoms with E-state index in [1.54, 1.807) is 17.0 Å². The molecule has 0 radical (unpaired) electrons. The SMILES string of the molecule is NC(=O)NC(=O)CCN1CCc2ccccc2C1C(=O)O. The second-order valence-corrected chi connectivity index (χ2v) is 4.89. The van der Waals surface area contributed by atoms with Crippen LogP contribution < -0.4 is 11.1 Å². The smallest absolute Gasteiger partial charge is 0.325 e. The molecule has 0 aliphatic carbocycles. The Morgan fingerprint density at radius 3 is 2.71 bits per heavy atom. The van der Waals surface area contributed by atoms with E-state index in [1.807, 2.05) is 17.4 Å². The standard InChI is InChI=1S/C14H17N3O4/c15-14(21)16-11(18)6-8-17-7-5-9-3-1-2-4-10(9)12(17)13(19)20/h1-4,12H,5-8H2,(H,19,20)(H3,15,16,18,21). The minimum Gasteiger partial charge on any atom is -0.480 e. The lowest BCUT2D eigenvalue weighted by Gasteiger charge is -2.34. The van der Waals surface area contributed by atoms with E-state index in [1.165, 1.54) is 0 Å². The van der Waals surface area contributed by atoms with Gasteiger partial charge in [-0.2, -0.15) is 0 Å². The molecule has 7 heteroatoms. The molecular formula is C14H17N3O4. The van der Waals surface area contributed by atoms with Crippen molar-refractivity contribution in [2.24, 2.45) is 5.73 Å². The van der Waals surface area contributed by atoms with Crippen LogP contribution in [0, 0.1) is 0 Å². The minimum absolute atomic E-state index is 0.0227. The van der Waals surface area contributed by atoms with E-state index in [-0.39, 0.29) is 13.0 Å². The number of nitrogens with zero attached hydrogens (tertiary/aromatic N) is 1. The van der Waals surface area contributed by atoms with E-state index in [2.05, 4.69) is 0 Å². The number of urea groups is 1. The van der Waals surface area contributed by atoms with E-state index in [4.69, 9.17) is 5.73 Å². The van der Waals surface area contributed by atoms with Crippen LogP contribution in [0.3, 0.4) is 0 Å². The van der Waals surface area contributed by atoms with Crippen LogP contribution in [0.5, 0.6) is 0 Å². The number of carboxylic acids is 1. The molecule has 0 spiro atoms. The fourth-order valence-corrected chi connectivity index (χ4v) is 2.59. The topological polar surface area (TPSA) is 113 Å². The lowest BCUT2D eigenvalue weighted by atomic mass is 9.92. The molecule has 0 bridgehead atoms. The Morgan fingerprint density at radius 1 is 1.33 bits per heavy atom. The minimum atomic E-state index is -0.947. The van der Waals surface area contributed by atoms with Gasteiger partial charge in [-0.05, 0) is 17.5 Å². The maximum Gasteiger partial charge on any atom is 0.325 e. The predicted octanol–water partition coefficient (Wildman–Crippen LogP) is 0.255. The third-order valence-corrected chi connectivity index (χ3v) is 3.51. The van der Waals surface area contributed by atoms with Crippen molar-refractivity contribution in [3.63, 3.8) is 0 Å². The van der Waals surface area contributed by atoms with Crippen molar-refractivity contribution in [2.75, 3.05) is 13.1 Å². The summed E-state index contributed by atoms with van der Waals surface area (Å²) in [5.74, 6) is -1.46. The van der Waals surface area contributed by atoms with Crippen LogP contribution in [0.15, 0.2) is 24.3 Å². The van der Waals surface area contributed by atoms with Gasteiger partial charge < -0.3 is 10.8 Å². The Hall–Kier alpha value is -2.41. The summed E-state index contributed by atoms with van der Waals surface area (Å²) < 4.78 is 0. The molecule has 112 valence electrons. The van der Waals surface area contributed by atoms with Crippen molar-refractivity contribution in [3.8, 4) is 0 Å². The van der Waals surface area contributed by atoms with E-state index in [0.29, 0.717) is 6.54 Å². The van der Waals surface area contributed by atoms with E-state index >= 15 is 0 Å². The number of hydrogen-bond acceptors (Lipinski definition) is 4. The summed E-state index contributed by atoms with van der Waals surface area (Å²) in [5.41, 5.74) is 6.63. The summed E-state index contributed by atoms with van der Waals surface area (Å²) in [5, 5.41) is 11.4. The molecule has 4 N–H and O–H groups in total. The first-order chi connectivity index (χ1) is 9.99. The Kier molecular flexibility index (Phi) is 4.54. The summed E-state index contributed by atoms with van der Waals surface area (Å²) in [6, 6.07) is 5.73. The Balaban J connectivity index is 2.08. The van der Waals surface area contributed by atoms with E-state index in [0.717, 1.165) is 17.5 Å². The van der Waals surface area contributed by atoms with Crippen LogP contribution in [0.1, 0.15) is 23.6 Å². The molecule has 1 heterocycles. The highest BCUT2D eigenvalue weighted by Gasteiger charge is 2.32. The second-order valence-electron chi connectivity index (χ2n) is 4.89. The molecular weight excluding hydrogens is 274 g/mol. The number of hydrogen-bond donors (Lipinski definition) is 3. The average Bonchev–Trinajstić information content (AvgIpc) is 2.43. The summed E-state index contributed by atoms with van der Waals surface area (Å²) in [4.78, 5) is 35.3. The Morgan fingerprint density at radius 2 is 2.05 bits per heavy atom. The number of carbonyl (C=O) groups excluding carboxylic acids is 2. The van der Waals surface area contributed by atoms with Gasteiger partial charge in [-0.15, -0.1) is 0 Å². The summed E-state index contributed by atoms with van der Waals surface area (Å²) in [6.45, 7) is 0.808. The van der Waals surface area contributed by atoms with Gasteiger partial charge in [0.2, 0.25) is 5.91 Å². The third kappa shape index (κ3) is 3.57.